The quantitative estimate of drug-likeness (QED) is 0.281. The van der Waals surface area contributed by atoms with Crippen LogP contribution in [-0.4, -0.2) is 48.8 Å². The summed E-state index contributed by atoms with van der Waals surface area (Å²) in [5.41, 5.74) is -0.516. The lowest BCUT2D eigenvalue weighted by atomic mass is 9.65. The molecule has 0 amide bonds. The summed E-state index contributed by atoms with van der Waals surface area (Å²) in [6.45, 7) is 5.73. The van der Waals surface area contributed by atoms with Gasteiger partial charge >= 0.3 is 17.9 Å². The third-order valence-electron chi connectivity index (χ3n) is 8.11. The molecule has 0 radical (unpaired) electrons. The molecule has 2 aliphatic carbocycles. The van der Waals surface area contributed by atoms with Gasteiger partial charge in [0, 0.05) is 24.2 Å². The molecule has 5 rings (SSSR count). The Morgan fingerprint density at radius 2 is 1.82 bits per heavy atom. The van der Waals surface area contributed by atoms with Crippen molar-refractivity contribution in [1.29, 1.82) is 0 Å². The van der Waals surface area contributed by atoms with Crippen molar-refractivity contribution in [2.24, 2.45) is 35.0 Å². The second-order valence-corrected chi connectivity index (χ2v) is 9.30. The smallest absolute Gasteiger partial charge is 0.316 e. The van der Waals surface area contributed by atoms with Gasteiger partial charge in [-0.2, -0.15) is 0 Å². The minimum absolute atomic E-state index is 0.0291. The monoisotopic (exact) mass is 474 g/mol. The van der Waals surface area contributed by atoms with Crippen LogP contribution in [0.4, 0.5) is 0 Å². The molecule has 0 N–H and O–H groups in total. The topological polar surface area (TPSA) is 126 Å². The third kappa shape index (κ3) is 3.39. The Morgan fingerprint density at radius 1 is 1.09 bits per heavy atom. The number of esters is 3. The Balaban J connectivity index is 0.00000133. The Labute approximate surface area is 197 Å². The molecule has 0 aromatic carbocycles. The molecule has 1 aromatic rings. The summed E-state index contributed by atoms with van der Waals surface area (Å²) in [4.78, 5) is 64.6. The molecule has 2 saturated carbocycles. The van der Waals surface area contributed by atoms with E-state index in [9.17, 15) is 24.0 Å². The molecule has 184 valence electrons. The number of fused-ring (bicyclic) bond motifs is 3. The second-order valence-electron chi connectivity index (χ2n) is 9.30. The van der Waals surface area contributed by atoms with E-state index in [4.69, 9.17) is 18.6 Å². The predicted molar refractivity (Wildman–Crippen MR) is 115 cm³/mol. The lowest BCUT2D eigenvalue weighted by molar-refractivity contribution is -0.175. The van der Waals surface area contributed by atoms with Crippen molar-refractivity contribution in [1.82, 2.24) is 0 Å². The Morgan fingerprint density at radius 3 is 2.47 bits per heavy atom. The highest BCUT2D eigenvalue weighted by Crippen LogP contribution is 2.64. The van der Waals surface area contributed by atoms with Crippen molar-refractivity contribution in [3.05, 3.63) is 24.2 Å². The van der Waals surface area contributed by atoms with E-state index in [2.05, 4.69) is 0 Å². The van der Waals surface area contributed by atoms with Crippen LogP contribution in [0.2, 0.25) is 0 Å². The molecule has 1 spiro atoms. The highest BCUT2D eigenvalue weighted by atomic mass is 16.6. The van der Waals surface area contributed by atoms with E-state index in [1.165, 1.54) is 25.7 Å². The summed E-state index contributed by atoms with van der Waals surface area (Å²) in [6, 6.07) is 1.50. The van der Waals surface area contributed by atoms with E-state index in [1.807, 2.05) is 13.8 Å². The number of cyclic esters (lactones) is 1. The molecular weight excluding hydrogens is 444 g/mol. The number of hydrogen-bond acceptors (Lipinski definition) is 9. The van der Waals surface area contributed by atoms with Gasteiger partial charge in [0.2, 0.25) is 0 Å². The van der Waals surface area contributed by atoms with Crippen molar-refractivity contribution in [3.8, 4) is 0 Å². The number of ketones is 2. The fourth-order valence-corrected chi connectivity index (χ4v) is 6.81. The highest BCUT2D eigenvalue weighted by Gasteiger charge is 2.73. The first-order valence-electron chi connectivity index (χ1n) is 11.9. The summed E-state index contributed by atoms with van der Waals surface area (Å²) in [5, 5.41) is 0. The molecule has 2 aliphatic heterocycles. The van der Waals surface area contributed by atoms with E-state index < -0.39 is 64.9 Å². The first-order valence-corrected chi connectivity index (χ1v) is 11.9. The normalized spacial score (nSPS) is 38.2. The van der Waals surface area contributed by atoms with Gasteiger partial charge in [-0.25, -0.2) is 0 Å². The van der Waals surface area contributed by atoms with Gasteiger partial charge in [-0.1, -0.05) is 13.8 Å². The average Bonchev–Trinajstić information content (AvgIpc) is 3.49. The first-order chi connectivity index (χ1) is 16.3. The average molecular weight is 475 g/mol. The van der Waals surface area contributed by atoms with E-state index >= 15 is 0 Å². The number of carbonyl (C=O) groups excluding carboxylic acids is 5. The molecule has 4 fully saturated rings. The van der Waals surface area contributed by atoms with Gasteiger partial charge in [-0.3, -0.25) is 24.0 Å². The summed E-state index contributed by atoms with van der Waals surface area (Å²) in [7, 11) is 1.18. The first kappa shape index (κ1) is 24.2. The van der Waals surface area contributed by atoms with Crippen LogP contribution in [0.5, 0.6) is 0 Å². The van der Waals surface area contributed by atoms with Gasteiger partial charge < -0.3 is 18.6 Å². The lowest BCUT2D eigenvalue weighted by Crippen LogP contribution is -2.51. The van der Waals surface area contributed by atoms with Gasteiger partial charge in [-0.05, 0) is 31.7 Å². The molecule has 4 aliphatic rings. The second kappa shape index (κ2) is 9.00. The number of methoxy groups -OCH3 is 1. The fraction of sp³-hybridized carbons (Fsp3) is 0.640. The van der Waals surface area contributed by atoms with Gasteiger partial charge in [-0.15, -0.1) is 0 Å². The van der Waals surface area contributed by atoms with Gasteiger partial charge in [0.05, 0.1) is 30.8 Å². The minimum Gasteiger partial charge on any atom is -0.472 e. The highest BCUT2D eigenvalue weighted by molar-refractivity contribution is 6.09. The summed E-state index contributed by atoms with van der Waals surface area (Å²) < 4.78 is 21.2. The molecule has 2 saturated heterocycles. The minimum atomic E-state index is -1.29. The Bertz CT molecular complexity index is 996. The van der Waals surface area contributed by atoms with Gasteiger partial charge in [0.1, 0.15) is 24.4 Å². The molecule has 3 heterocycles. The van der Waals surface area contributed by atoms with Crippen LogP contribution in [0, 0.1) is 35.0 Å². The molecule has 1 aromatic heterocycles. The van der Waals surface area contributed by atoms with E-state index in [0.717, 1.165) is 0 Å². The van der Waals surface area contributed by atoms with E-state index in [0.29, 0.717) is 6.42 Å². The maximum absolute atomic E-state index is 13.9. The number of furan rings is 1. The predicted octanol–water partition coefficient (Wildman–Crippen LogP) is 2.76. The van der Waals surface area contributed by atoms with Crippen LogP contribution in [-0.2, 0) is 33.4 Å². The fourth-order valence-electron chi connectivity index (χ4n) is 6.81. The van der Waals surface area contributed by atoms with Crippen molar-refractivity contribution < 1.29 is 42.6 Å². The van der Waals surface area contributed by atoms with E-state index in [1.54, 1.807) is 6.92 Å². The number of rotatable bonds is 3. The zero-order valence-corrected chi connectivity index (χ0v) is 19.8. The summed E-state index contributed by atoms with van der Waals surface area (Å²) in [5.74, 6) is -6.18. The summed E-state index contributed by atoms with van der Waals surface area (Å²) >= 11 is 0. The molecule has 9 heteroatoms. The lowest BCUT2D eigenvalue weighted by Gasteiger charge is -2.42. The Kier molecular flexibility index (Phi) is 6.40. The zero-order valence-electron chi connectivity index (χ0n) is 19.8. The SMILES string of the molecule is CC.COC(=O)[C@H]1C(=O)C2C(CC[C@H]1C(=O)c1ccoc1)[C@@H]1OC(=O)C[C@]13C2CC(=O)O[C@H]3C. The summed E-state index contributed by atoms with van der Waals surface area (Å²) in [6.07, 6.45) is 2.13. The molecule has 9 nitrogen and oxygen atoms in total. The van der Waals surface area contributed by atoms with Gasteiger partial charge in [0.25, 0.3) is 0 Å². The molecular formula is C25H30O9. The van der Waals surface area contributed by atoms with Gasteiger partial charge in [0.15, 0.2) is 11.6 Å². The number of hydrogen-bond donors (Lipinski definition) is 0. The van der Waals surface area contributed by atoms with Crippen LogP contribution in [0.15, 0.2) is 23.0 Å². The van der Waals surface area contributed by atoms with E-state index in [-0.39, 0.29) is 36.6 Å². The number of Topliss-reactive ketones (excluding diaryl/α,β-unsaturated/α-hetero) is 2. The van der Waals surface area contributed by atoms with Crippen molar-refractivity contribution >= 4 is 29.5 Å². The number of carbonyl (C=O) groups is 5. The van der Waals surface area contributed by atoms with Crippen LogP contribution >= 0.6 is 0 Å². The number of ether oxygens (including phenoxy) is 3. The van der Waals surface area contributed by atoms with Crippen molar-refractivity contribution in [2.75, 3.05) is 7.11 Å². The maximum Gasteiger partial charge on any atom is 0.316 e. The standard InChI is InChI=1S/C23H24O9.C2H6/c1-10-23-8-16(25)32-21(23)13-4-3-12(19(26)11-5-6-30-9-11)18(22(28)29-2)20(27)17(13)14(23)7-15(24)31-10;1-2/h5-6,9-10,12-14,17-18,21H,3-4,7-8H2,1-2H3;1-2H3/t10-,12+,13?,14?,17?,18+,21-,23-;/m0./s1. The third-order valence-corrected chi connectivity index (χ3v) is 8.11. The molecule has 34 heavy (non-hydrogen) atoms. The Hall–Kier alpha value is -2.97. The van der Waals surface area contributed by atoms with Crippen molar-refractivity contribution in [2.45, 2.75) is 58.7 Å². The largest absolute Gasteiger partial charge is 0.472 e. The molecule has 8 atom stereocenters. The molecule has 3 unspecified atom stereocenters. The van der Waals surface area contributed by atoms with Crippen LogP contribution in [0.25, 0.3) is 0 Å². The van der Waals surface area contributed by atoms with Crippen molar-refractivity contribution in [3.63, 3.8) is 0 Å². The van der Waals surface area contributed by atoms with Crippen LogP contribution in [0.3, 0.4) is 0 Å². The van der Waals surface area contributed by atoms with Crippen LogP contribution in [0.1, 0.15) is 56.8 Å². The van der Waals surface area contributed by atoms with Crippen LogP contribution < -0.4 is 0 Å². The zero-order chi connectivity index (χ0) is 24.8. The molecule has 0 bridgehead atoms. The maximum atomic E-state index is 13.9.